The molecule has 1 N–H and O–H groups in total. The maximum atomic E-state index is 12.7. The zero-order valence-corrected chi connectivity index (χ0v) is 13.0. The van der Waals surface area contributed by atoms with E-state index < -0.39 is 10.0 Å². The summed E-state index contributed by atoms with van der Waals surface area (Å²) < 4.78 is 26.8. The molecular formula is C14H15ClN2O3S. The first-order valence-corrected chi connectivity index (χ1v) is 8.56. The quantitative estimate of drug-likeness (QED) is 0.921. The number of H-pyrrole nitrogens is 1. The number of halogens is 1. The minimum atomic E-state index is -3.57. The fourth-order valence-electron chi connectivity index (χ4n) is 2.76. The van der Waals surface area contributed by atoms with E-state index in [0.717, 1.165) is 12.8 Å². The molecule has 112 valence electrons. The van der Waals surface area contributed by atoms with Crippen LogP contribution in [0.25, 0.3) is 10.8 Å². The minimum Gasteiger partial charge on any atom is -0.327 e. The highest BCUT2D eigenvalue weighted by Gasteiger charge is 2.32. The normalized spacial score (nSPS) is 20.2. The van der Waals surface area contributed by atoms with E-state index >= 15 is 0 Å². The molecule has 0 radical (unpaired) electrons. The molecule has 3 rings (SSSR count). The van der Waals surface area contributed by atoms with Crippen LogP contribution in [0.4, 0.5) is 0 Å². The van der Waals surface area contributed by atoms with Crippen molar-refractivity contribution in [1.82, 2.24) is 9.29 Å². The average molecular weight is 327 g/mol. The van der Waals surface area contributed by atoms with Gasteiger partial charge in [0.2, 0.25) is 10.0 Å². The molecule has 0 bridgehead atoms. The van der Waals surface area contributed by atoms with Gasteiger partial charge in [-0.05, 0) is 31.9 Å². The van der Waals surface area contributed by atoms with Crippen LogP contribution in [0.1, 0.15) is 19.8 Å². The summed E-state index contributed by atoms with van der Waals surface area (Å²) in [5.41, 5.74) is -0.346. The van der Waals surface area contributed by atoms with Crippen molar-refractivity contribution in [2.24, 2.45) is 0 Å². The number of fused-ring (bicyclic) bond motifs is 1. The van der Waals surface area contributed by atoms with Gasteiger partial charge in [-0.1, -0.05) is 17.7 Å². The summed E-state index contributed by atoms with van der Waals surface area (Å²) in [6.45, 7) is 2.42. The van der Waals surface area contributed by atoms with Gasteiger partial charge in [-0.2, -0.15) is 4.31 Å². The molecule has 0 saturated carbocycles. The van der Waals surface area contributed by atoms with Gasteiger partial charge < -0.3 is 4.98 Å². The Hall–Kier alpha value is -1.37. The molecule has 0 spiro atoms. The Kier molecular flexibility index (Phi) is 3.55. The van der Waals surface area contributed by atoms with Crippen LogP contribution in [0.5, 0.6) is 0 Å². The summed E-state index contributed by atoms with van der Waals surface area (Å²) in [5.74, 6) is 0. The summed E-state index contributed by atoms with van der Waals surface area (Å²) in [5, 5.41) is 1.23. The Labute approximate surface area is 127 Å². The second kappa shape index (κ2) is 5.12. The molecule has 1 aliphatic rings. The third kappa shape index (κ3) is 2.37. The molecule has 0 amide bonds. The Balaban J connectivity index is 2.18. The number of hydrogen-bond acceptors (Lipinski definition) is 3. The lowest BCUT2D eigenvalue weighted by Gasteiger charge is -2.21. The molecule has 7 heteroatoms. The standard InChI is InChI=1S/C14H15ClN2O3S/c1-9-3-2-6-17(9)21(19,20)10-4-5-11-12(7-10)14(18)16-8-13(11)15/h4-5,7-9H,2-3,6H2,1H3,(H,16,18). The van der Waals surface area contributed by atoms with Crippen LogP contribution in [-0.2, 0) is 10.0 Å². The van der Waals surface area contributed by atoms with Gasteiger partial charge in [0.25, 0.3) is 5.56 Å². The third-order valence-corrected chi connectivity index (χ3v) is 6.24. The molecule has 1 fully saturated rings. The number of pyridine rings is 1. The smallest absolute Gasteiger partial charge is 0.255 e. The predicted molar refractivity (Wildman–Crippen MR) is 82.2 cm³/mol. The largest absolute Gasteiger partial charge is 0.327 e. The highest BCUT2D eigenvalue weighted by molar-refractivity contribution is 7.89. The van der Waals surface area contributed by atoms with Gasteiger partial charge in [-0.3, -0.25) is 4.79 Å². The Bertz CT molecular complexity index is 860. The van der Waals surface area contributed by atoms with Crippen LogP contribution in [0.15, 0.2) is 34.1 Å². The maximum Gasteiger partial charge on any atom is 0.255 e. The lowest BCUT2D eigenvalue weighted by molar-refractivity contribution is 0.408. The third-order valence-electron chi connectivity index (χ3n) is 3.92. The molecule has 1 aromatic heterocycles. The Morgan fingerprint density at radius 3 is 2.76 bits per heavy atom. The highest BCUT2D eigenvalue weighted by Crippen LogP contribution is 2.28. The van der Waals surface area contributed by atoms with Gasteiger partial charge in [-0.25, -0.2) is 8.42 Å². The first kappa shape index (κ1) is 14.6. The zero-order valence-electron chi connectivity index (χ0n) is 11.5. The van der Waals surface area contributed by atoms with E-state index in [2.05, 4.69) is 4.98 Å². The van der Waals surface area contributed by atoms with E-state index in [1.807, 2.05) is 6.92 Å². The van der Waals surface area contributed by atoms with E-state index in [0.29, 0.717) is 17.0 Å². The molecule has 0 aliphatic carbocycles. The van der Waals surface area contributed by atoms with Crippen molar-refractivity contribution in [3.63, 3.8) is 0 Å². The Morgan fingerprint density at radius 2 is 2.10 bits per heavy atom. The second-order valence-electron chi connectivity index (χ2n) is 5.28. The van der Waals surface area contributed by atoms with Crippen LogP contribution in [0.2, 0.25) is 5.02 Å². The van der Waals surface area contributed by atoms with Crippen LogP contribution in [0, 0.1) is 0 Å². The van der Waals surface area contributed by atoms with Crippen molar-refractivity contribution in [2.45, 2.75) is 30.7 Å². The van der Waals surface area contributed by atoms with Crippen LogP contribution < -0.4 is 5.56 Å². The molecule has 1 unspecified atom stereocenters. The van der Waals surface area contributed by atoms with Crippen molar-refractivity contribution >= 4 is 32.4 Å². The number of rotatable bonds is 2. The average Bonchev–Trinajstić information content (AvgIpc) is 2.89. The van der Waals surface area contributed by atoms with E-state index in [1.54, 1.807) is 6.07 Å². The SMILES string of the molecule is CC1CCCN1S(=O)(=O)c1ccc2c(Cl)c[nH]c(=O)c2c1. The monoisotopic (exact) mass is 326 g/mol. The Morgan fingerprint density at radius 1 is 1.33 bits per heavy atom. The summed E-state index contributed by atoms with van der Waals surface area (Å²) in [4.78, 5) is 14.5. The van der Waals surface area contributed by atoms with E-state index in [1.165, 1.54) is 22.6 Å². The maximum absolute atomic E-state index is 12.7. The molecule has 1 atom stereocenters. The highest BCUT2D eigenvalue weighted by atomic mass is 35.5. The number of aromatic amines is 1. The van der Waals surface area contributed by atoms with Gasteiger partial charge in [0.05, 0.1) is 9.92 Å². The van der Waals surface area contributed by atoms with Gasteiger partial charge in [0, 0.05) is 29.6 Å². The summed E-state index contributed by atoms with van der Waals surface area (Å²) in [6.07, 6.45) is 3.13. The molecule has 21 heavy (non-hydrogen) atoms. The number of sulfonamides is 1. The van der Waals surface area contributed by atoms with Gasteiger partial charge in [-0.15, -0.1) is 0 Å². The molecular weight excluding hydrogens is 312 g/mol. The fraction of sp³-hybridized carbons (Fsp3) is 0.357. The number of aromatic nitrogens is 1. The molecule has 1 saturated heterocycles. The number of nitrogens with zero attached hydrogens (tertiary/aromatic N) is 1. The summed E-state index contributed by atoms with van der Waals surface area (Å²) >= 11 is 6.02. The first-order chi connectivity index (χ1) is 9.91. The molecule has 1 aliphatic heterocycles. The van der Waals surface area contributed by atoms with Crippen molar-refractivity contribution < 1.29 is 8.42 Å². The van der Waals surface area contributed by atoms with Crippen molar-refractivity contribution in [2.75, 3.05) is 6.54 Å². The lowest BCUT2D eigenvalue weighted by Crippen LogP contribution is -2.33. The van der Waals surface area contributed by atoms with E-state index in [4.69, 9.17) is 11.6 Å². The number of benzene rings is 1. The lowest BCUT2D eigenvalue weighted by atomic mass is 10.2. The minimum absolute atomic E-state index is 0.0108. The van der Waals surface area contributed by atoms with Gasteiger partial charge >= 0.3 is 0 Å². The van der Waals surface area contributed by atoms with Crippen LogP contribution in [0.3, 0.4) is 0 Å². The molecule has 1 aromatic carbocycles. The van der Waals surface area contributed by atoms with Gasteiger partial charge in [0.1, 0.15) is 0 Å². The fourth-order valence-corrected chi connectivity index (χ4v) is 4.71. The van der Waals surface area contributed by atoms with Crippen LogP contribution >= 0.6 is 11.6 Å². The molecule has 2 aromatic rings. The predicted octanol–water partition coefficient (Wildman–Crippen LogP) is 2.35. The first-order valence-electron chi connectivity index (χ1n) is 6.74. The number of nitrogens with one attached hydrogen (secondary N) is 1. The second-order valence-corrected chi connectivity index (χ2v) is 7.58. The van der Waals surface area contributed by atoms with Crippen molar-refractivity contribution in [1.29, 1.82) is 0 Å². The van der Waals surface area contributed by atoms with E-state index in [-0.39, 0.29) is 21.9 Å². The molecule has 2 heterocycles. The molecule has 5 nitrogen and oxygen atoms in total. The van der Waals surface area contributed by atoms with Gasteiger partial charge in [0.15, 0.2) is 0 Å². The summed E-state index contributed by atoms with van der Waals surface area (Å²) in [7, 11) is -3.57. The van der Waals surface area contributed by atoms with Crippen molar-refractivity contribution in [3.05, 3.63) is 39.8 Å². The van der Waals surface area contributed by atoms with Crippen molar-refractivity contribution in [3.8, 4) is 0 Å². The van der Waals surface area contributed by atoms with E-state index in [9.17, 15) is 13.2 Å². The van der Waals surface area contributed by atoms with Crippen LogP contribution in [-0.4, -0.2) is 30.3 Å². The number of hydrogen-bond donors (Lipinski definition) is 1. The zero-order chi connectivity index (χ0) is 15.2. The summed E-state index contributed by atoms with van der Waals surface area (Å²) in [6, 6.07) is 4.48. The topological polar surface area (TPSA) is 70.2 Å².